The molecule has 0 atom stereocenters. The second-order valence-corrected chi connectivity index (χ2v) is 4.34. The normalized spacial score (nSPS) is 10.4. The van der Waals surface area contributed by atoms with Gasteiger partial charge in [-0.1, -0.05) is 0 Å². The number of amides is 1. The number of aryl methyl sites for hydroxylation is 1. The Balaban J connectivity index is 2.33. The van der Waals surface area contributed by atoms with E-state index in [1.54, 1.807) is 19.1 Å². The summed E-state index contributed by atoms with van der Waals surface area (Å²) in [7, 11) is 0. The second kappa shape index (κ2) is 5.77. The number of rotatable bonds is 3. The third-order valence-electron chi connectivity index (χ3n) is 2.93. The van der Waals surface area contributed by atoms with E-state index in [9.17, 15) is 13.6 Å². The number of carbonyl (C=O) groups is 1. The molecule has 0 fully saturated rings. The van der Waals surface area contributed by atoms with Gasteiger partial charge >= 0.3 is 0 Å². The van der Waals surface area contributed by atoms with Crippen molar-refractivity contribution >= 4 is 11.6 Å². The average molecular weight is 276 g/mol. The molecule has 3 nitrogen and oxygen atoms in total. The van der Waals surface area contributed by atoms with E-state index in [-0.39, 0.29) is 5.91 Å². The van der Waals surface area contributed by atoms with Gasteiger partial charge in [-0.15, -0.1) is 0 Å². The second-order valence-electron chi connectivity index (χ2n) is 4.34. The molecule has 0 aliphatic carbocycles. The van der Waals surface area contributed by atoms with Crippen LogP contribution in [0, 0.1) is 18.6 Å². The molecule has 20 heavy (non-hydrogen) atoms. The Hall–Kier alpha value is -2.30. The van der Waals surface area contributed by atoms with Crippen LogP contribution in [0.3, 0.4) is 0 Å². The van der Waals surface area contributed by atoms with Crippen molar-refractivity contribution in [3.63, 3.8) is 0 Å². The van der Waals surface area contributed by atoms with Gasteiger partial charge in [0, 0.05) is 30.2 Å². The van der Waals surface area contributed by atoms with Gasteiger partial charge in [0.15, 0.2) is 11.6 Å². The van der Waals surface area contributed by atoms with E-state index in [1.807, 2.05) is 6.92 Å². The number of carbonyl (C=O) groups excluding carboxylic acids is 1. The third kappa shape index (κ3) is 2.82. The molecule has 5 heteroatoms. The van der Waals surface area contributed by atoms with Gasteiger partial charge in [-0.2, -0.15) is 0 Å². The summed E-state index contributed by atoms with van der Waals surface area (Å²) in [5.74, 6) is -2.21. The van der Waals surface area contributed by atoms with Crippen LogP contribution in [0.4, 0.5) is 14.5 Å². The molecule has 1 aromatic heterocycles. The van der Waals surface area contributed by atoms with Gasteiger partial charge in [0.05, 0.1) is 5.56 Å². The molecule has 0 aliphatic rings. The van der Waals surface area contributed by atoms with E-state index < -0.39 is 11.6 Å². The summed E-state index contributed by atoms with van der Waals surface area (Å²) in [4.78, 5) is 17.8. The van der Waals surface area contributed by atoms with Gasteiger partial charge in [-0.3, -0.25) is 9.78 Å². The molecule has 0 spiro atoms. The molecule has 1 heterocycles. The summed E-state index contributed by atoms with van der Waals surface area (Å²) in [6.45, 7) is 3.93. The van der Waals surface area contributed by atoms with E-state index in [4.69, 9.17) is 0 Å². The fraction of sp³-hybridized carbons (Fsp3) is 0.200. The number of pyridine rings is 1. The lowest BCUT2D eigenvalue weighted by atomic mass is 10.2. The summed E-state index contributed by atoms with van der Waals surface area (Å²) in [5, 5.41) is 0. The van der Waals surface area contributed by atoms with Crippen molar-refractivity contribution in [2.24, 2.45) is 0 Å². The highest BCUT2D eigenvalue weighted by Gasteiger charge is 2.17. The van der Waals surface area contributed by atoms with Gasteiger partial charge < -0.3 is 4.90 Å². The summed E-state index contributed by atoms with van der Waals surface area (Å²) >= 11 is 0. The van der Waals surface area contributed by atoms with Crippen LogP contribution in [-0.2, 0) is 0 Å². The number of hydrogen-bond donors (Lipinski definition) is 0. The minimum atomic E-state index is -0.976. The van der Waals surface area contributed by atoms with Gasteiger partial charge in [0.2, 0.25) is 0 Å². The molecule has 0 unspecified atom stereocenters. The summed E-state index contributed by atoms with van der Waals surface area (Å²) in [6, 6.07) is 6.79. The minimum Gasteiger partial charge on any atom is -0.308 e. The van der Waals surface area contributed by atoms with Gasteiger partial charge in [-0.25, -0.2) is 8.78 Å². The first kappa shape index (κ1) is 14.1. The number of hydrogen-bond acceptors (Lipinski definition) is 2. The number of benzene rings is 1. The predicted octanol–water partition coefficient (Wildman–Crippen LogP) is 3.33. The van der Waals surface area contributed by atoms with Crippen molar-refractivity contribution < 1.29 is 13.6 Å². The zero-order valence-corrected chi connectivity index (χ0v) is 11.2. The maximum atomic E-state index is 13.3. The molecule has 0 radical (unpaired) electrons. The predicted molar refractivity (Wildman–Crippen MR) is 72.7 cm³/mol. The van der Waals surface area contributed by atoms with Gasteiger partial charge in [0.1, 0.15) is 0 Å². The van der Waals surface area contributed by atoms with Crippen molar-refractivity contribution in [2.45, 2.75) is 13.8 Å². The SMILES string of the molecule is CCN(C(=O)c1ccc(C)nc1)c1ccc(F)c(F)c1. The third-order valence-corrected chi connectivity index (χ3v) is 2.93. The zero-order chi connectivity index (χ0) is 14.7. The molecule has 0 bridgehead atoms. The lowest BCUT2D eigenvalue weighted by Crippen LogP contribution is -2.30. The molecule has 1 aromatic carbocycles. The van der Waals surface area contributed by atoms with Crippen molar-refractivity contribution in [1.29, 1.82) is 0 Å². The van der Waals surface area contributed by atoms with Gasteiger partial charge in [0.25, 0.3) is 5.91 Å². The molecular formula is C15H14F2N2O. The Morgan fingerprint density at radius 3 is 2.50 bits per heavy atom. The van der Waals surface area contributed by atoms with Crippen molar-refractivity contribution in [2.75, 3.05) is 11.4 Å². The lowest BCUT2D eigenvalue weighted by molar-refractivity contribution is 0.0988. The van der Waals surface area contributed by atoms with Crippen LogP contribution in [0.5, 0.6) is 0 Å². The maximum Gasteiger partial charge on any atom is 0.259 e. The molecule has 0 saturated heterocycles. The van der Waals surface area contributed by atoms with Crippen LogP contribution in [0.2, 0.25) is 0 Å². The lowest BCUT2D eigenvalue weighted by Gasteiger charge is -2.21. The minimum absolute atomic E-state index is 0.300. The van der Waals surface area contributed by atoms with Crippen molar-refractivity contribution in [3.05, 3.63) is 59.4 Å². The van der Waals surface area contributed by atoms with E-state index in [0.717, 1.165) is 17.8 Å². The summed E-state index contributed by atoms with van der Waals surface area (Å²) < 4.78 is 26.2. The standard InChI is InChI=1S/C15H14F2N2O/c1-3-19(12-6-7-13(16)14(17)8-12)15(20)11-5-4-10(2)18-9-11/h4-9H,3H2,1-2H3. The molecule has 0 saturated carbocycles. The number of aromatic nitrogens is 1. The number of nitrogens with zero attached hydrogens (tertiary/aromatic N) is 2. The van der Waals surface area contributed by atoms with Crippen LogP contribution in [-0.4, -0.2) is 17.4 Å². The Morgan fingerprint density at radius 2 is 1.95 bits per heavy atom. The van der Waals surface area contributed by atoms with E-state index in [0.29, 0.717) is 17.8 Å². The summed E-state index contributed by atoms with van der Waals surface area (Å²) in [5.41, 5.74) is 1.52. The van der Waals surface area contributed by atoms with Crippen LogP contribution < -0.4 is 4.90 Å². The summed E-state index contributed by atoms with van der Waals surface area (Å²) in [6.07, 6.45) is 1.47. The topological polar surface area (TPSA) is 33.2 Å². The van der Waals surface area contributed by atoms with Crippen molar-refractivity contribution in [3.8, 4) is 0 Å². The highest BCUT2D eigenvalue weighted by molar-refractivity contribution is 6.05. The Morgan fingerprint density at radius 1 is 1.20 bits per heavy atom. The Bertz CT molecular complexity index is 626. The molecule has 0 aliphatic heterocycles. The first-order chi connectivity index (χ1) is 9.52. The largest absolute Gasteiger partial charge is 0.308 e. The van der Waals surface area contributed by atoms with Crippen LogP contribution in [0.15, 0.2) is 36.5 Å². The first-order valence-corrected chi connectivity index (χ1v) is 6.22. The Labute approximate surface area is 115 Å². The zero-order valence-electron chi connectivity index (χ0n) is 11.2. The number of anilines is 1. The van der Waals surface area contributed by atoms with Crippen molar-refractivity contribution in [1.82, 2.24) is 4.98 Å². The van der Waals surface area contributed by atoms with Gasteiger partial charge in [-0.05, 0) is 38.1 Å². The van der Waals surface area contributed by atoms with Crippen LogP contribution in [0.1, 0.15) is 23.0 Å². The highest BCUT2D eigenvalue weighted by atomic mass is 19.2. The smallest absolute Gasteiger partial charge is 0.259 e. The number of halogens is 2. The maximum absolute atomic E-state index is 13.3. The van der Waals surface area contributed by atoms with E-state index in [1.165, 1.54) is 17.2 Å². The Kier molecular flexibility index (Phi) is 4.08. The van der Waals surface area contributed by atoms with E-state index >= 15 is 0 Å². The molecule has 2 rings (SSSR count). The van der Waals surface area contributed by atoms with Crippen LogP contribution >= 0.6 is 0 Å². The first-order valence-electron chi connectivity index (χ1n) is 6.22. The molecule has 0 N–H and O–H groups in total. The van der Waals surface area contributed by atoms with Crippen LogP contribution in [0.25, 0.3) is 0 Å². The fourth-order valence-electron chi connectivity index (χ4n) is 1.85. The molecule has 1 amide bonds. The fourth-order valence-corrected chi connectivity index (χ4v) is 1.85. The molecular weight excluding hydrogens is 262 g/mol. The molecule has 2 aromatic rings. The highest BCUT2D eigenvalue weighted by Crippen LogP contribution is 2.20. The monoisotopic (exact) mass is 276 g/mol. The quantitative estimate of drug-likeness (QED) is 0.861. The molecule has 104 valence electrons. The van der Waals surface area contributed by atoms with E-state index in [2.05, 4.69) is 4.98 Å². The average Bonchev–Trinajstić information content (AvgIpc) is 2.44.